The Morgan fingerprint density at radius 3 is 2.67 bits per heavy atom. The average molecular weight is 291 g/mol. The summed E-state index contributed by atoms with van der Waals surface area (Å²) in [6.07, 6.45) is 2.07. The minimum atomic E-state index is -0.132. The van der Waals surface area contributed by atoms with Gasteiger partial charge in [0.1, 0.15) is 11.7 Å². The maximum Gasteiger partial charge on any atom is 0.165 e. The van der Waals surface area contributed by atoms with E-state index in [0.29, 0.717) is 0 Å². The Morgan fingerprint density at radius 2 is 2.05 bits per heavy atom. The van der Waals surface area contributed by atoms with Crippen LogP contribution in [0.25, 0.3) is 0 Å². The van der Waals surface area contributed by atoms with Crippen LogP contribution in [-0.4, -0.2) is 23.8 Å². The normalized spacial score (nSPS) is 18.0. The van der Waals surface area contributed by atoms with E-state index in [4.69, 9.17) is 9.47 Å². The van der Waals surface area contributed by atoms with Gasteiger partial charge < -0.3 is 14.8 Å². The summed E-state index contributed by atoms with van der Waals surface area (Å²) in [6, 6.07) is 6.20. The van der Waals surface area contributed by atoms with Crippen molar-refractivity contribution >= 4 is 0 Å². The van der Waals surface area contributed by atoms with Gasteiger partial charge in [0.25, 0.3) is 0 Å². The number of hydrogen-bond acceptors (Lipinski definition) is 3. The third kappa shape index (κ3) is 4.37. The van der Waals surface area contributed by atoms with Crippen LogP contribution >= 0.6 is 0 Å². The first-order valence-corrected chi connectivity index (χ1v) is 7.93. The summed E-state index contributed by atoms with van der Waals surface area (Å²) in [5.41, 5.74) is 1.22. The Bertz CT molecular complexity index is 488. The van der Waals surface area contributed by atoms with Gasteiger partial charge >= 0.3 is 0 Å². The summed E-state index contributed by atoms with van der Waals surface area (Å²) in [6.45, 7) is 13.8. The zero-order valence-corrected chi connectivity index (χ0v) is 14.2. The quantitative estimate of drug-likeness (QED) is 0.891. The van der Waals surface area contributed by atoms with Crippen LogP contribution in [0, 0.1) is 0 Å². The SMILES string of the molecule is CCC(CNC(C)(C)C)Oc1cccc2c1OC(C)(C)C2. The van der Waals surface area contributed by atoms with E-state index in [1.807, 2.05) is 6.07 Å². The molecule has 3 heteroatoms. The van der Waals surface area contributed by atoms with Crippen molar-refractivity contribution in [3.8, 4) is 11.5 Å². The Balaban J connectivity index is 2.08. The van der Waals surface area contributed by atoms with Gasteiger partial charge in [-0.25, -0.2) is 0 Å². The van der Waals surface area contributed by atoms with Gasteiger partial charge in [-0.3, -0.25) is 0 Å². The molecule has 1 aromatic rings. The monoisotopic (exact) mass is 291 g/mol. The standard InChI is InChI=1S/C18H29NO2/c1-7-14(12-19-17(2,3)4)20-15-10-8-9-13-11-18(5,6)21-16(13)15/h8-10,14,19H,7,11-12H2,1-6H3. The molecule has 1 aliphatic heterocycles. The molecule has 0 saturated heterocycles. The second kappa shape index (κ2) is 5.88. The van der Waals surface area contributed by atoms with Crippen molar-refractivity contribution < 1.29 is 9.47 Å². The van der Waals surface area contributed by atoms with Crippen LogP contribution in [0.1, 0.15) is 53.5 Å². The summed E-state index contributed by atoms with van der Waals surface area (Å²) < 4.78 is 12.3. The van der Waals surface area contributed by atoms with Crippen molar-refractivity contribution in [3.05, 3.63) is 23.8 Å². The first-order chi connectivity index (χ1) is 9.70. The Morgan fingerprint density at radius 1 is 1.33 bits per heavy atom. The maximum absolute atomic E-state index is 6.21. The summed E-state index contributed by atoms with van der Waals surface area (Å²) in [5.74, 6) is 1.80. The molecule has 21 heavy (non-hydrogen) atoms. The van der Waals surface area contributed by atoms with E-state index < -0.39 is 0 Å². The van der Waals surface area contributed by atoms with Gasteiger partial charge in [0.05, 0.1) is 0 Å². The van der Waals surface area contributed by atoms with Crippen LogP contribution in [0.5, 0.6) is 11.5 Å². The van der Waals surface area contributed by atoms with Gasteiger partial charge in [-0.15, -0.1) is 0 Å². The molecule has 0 spiro atoms. The summed E-state index contributed by atoms with van der Waals surface area (Å²) in [4.78, 5) is 0. The molecule has 1 unspecified atom stereocenters. The molecule has 0 aliphatic carbocycles. The molecule has 0 fully saturated rings. The fourth-order valence-electron chi connectivity index (χ4n) is 2.55. The van der Waals surface area contributed by atoms with Crippen molar-refractivity contribution in [1.82, 2.24) is 5.32 Å². The van der Waals surface area contributed by atoms with E-state index in [-0.39, 0.29) is 17.2 Å². The van der Waals surface area contributed by atoms with Crippen LogP contribution in [0.2, 0.25) is 0 Å². The van der Waals surface area contributed by atoms with Crippen LogP contribution in [0.4, 0.5) is 0 Å². The molecular formula is C18H29NO2. The Kier molecular flexibility index (Phi) is 4.52. The largest absolute Gasteiger partial charge is 0.485 e. The van der Waals surface area contributed by atoms with Gasteiger partial charge in [-0.1, -0.05) is 19.1 Å². The van der Waals surface area contributed by atoms with Gasteiger partial charge in [0.15, 0.2) is 11.5 Å². The van der Waals surface area contributed by atoms with Gasteiger partial charge in [-0.2, -0.15) is 0 Å². The lowest BCUT2D eigenvalue weighted by Gasteiger charge is -2.26. The number of hydrogen-bond donors (Lipinski definition) is 1. The van der Waals surface area contributed by atoms with Crippen molar-refractivity contribution in [2.45, 2.75) is 71.6 Å². The zero-order valence-electron chi connectivity index (χ0n) is 14.2. The number of benzene rings is 1. The second-order valence-electron chi connectivity index (χ2n) is 7.56. The molecule has 0 amide bonds. The van der Waals surface area contributed by atoms with Crippen molar-refractivity contribution in [3.63, 3.8) is 0 Å². The third-order valence-electron chi connectivity index (χ3n) is 3.66. The molecule has 1 N–H and O–H groups in total. The molecule has 0 aromatic heterocycles. The summed E-state index contributed by atoms with van der Waals surface area (Å²) in [5, 5.41) is 3.51. The van der Waals surface area contributed by atoms with E-state index in [9.17, 15) is 0 Å². The molecule has 1 aliphatic rings. The minimum Gasteiger partial charge on any atom is -0.485 e. The lowest BCUT2D eigenvalue weighted by Crippen LogP contribution is -2.42. The fourth-order valence-corrected chi connectivity index (χ4v) is 2.55. The van der Waals surface area contributed by atoms with E-state index in [1.165, 1.54) is 5.56 Å². The molecule has 1 atom stereocenters. The molecule has 2 rings (SSSR count). The highest BCUT2D eigenvalue weighted by molar-refractivity contribution is 5.50. The number of nitrogens with one attached hydrogen (secondary N) is 1. The van der Waals surface area contributed by atoms with Crippen LogP contribution in [0.3, 0.4) is 0 Å². The number of ether oxygens (including phenoxy) is 2. The summed E-state index contributed by atoms with van der Waals surface area (Å²) >= 11 is 0. The highest BCUT2D eigenvalue weighted by Crippen LogP contribution is 2.42. The fraction of sp³-hybridized carbons (Fsp3) is 0.667. The van der Waals surface area contributed by atoms with Gasteiger partial charge in [-0.05, 0) is 47.1 Å². The van der Waals surface area contributed by atoms with Crippen LogP contribution in [-0.2, 0) is 6.42 Å². The molecule has 1 heterocycles. The van der Waals surface area contributed by atoms with Crippen LogP contribution < -0.4 is 14.8 Å². The molecule has 0 bridgehead atoms. The number of para-hydroxylation sites is 1. The topological polar surface area (TPSA) is 30.5 Å². The highest BCUT2D eigenvalue weighted by Gasteiger charge is 2.32. The third-order valence-corrected chi connectivity index (χ3v) is 3.66. The highest BCUT2D eigenvalue weighted by atomic mass is 16.5. The average Bonchev–Trinajstić information content (AvgIpc) is 2.68. The zero-order chi connectivity index (χ0) is 15.7. The summed E-state index contributed by atoms with van der Waals surface area (Å²) in [7, 11) is 0. The van der Waals surface area contributed by atoms with Crippen LogP contribution in [0.15, 0.2) is 18.2 Å². The molecular weight excluding hydrogens is 262 g/mol. The van der Waals surface area contributed by atoms with Gasteiger partial charge in [0.2, 0.25) is 0 Å². The second-order valence-corrected chi connectivity index (χ2v) is 7.56. The molecule has 0 radical (unpaired) electrons. The van der Waals surface area contributed by atoms with Crippen molar-refractivity contribution in [1.29, 1.82) is 0 Å². The first kappa shape index (κ1) is 16.2. The van der Waals surface area contributed by atoms with E-state index in [0.717, 1.165) is 30.9 Å². The van der Waals surface area contributed by atoms with Crippen molar-refractivity contribution in [2.75, 3.05) is 6.54 Å². The lowest BCUT2D eigenvalue weighted by atomic mass is 10.0. The molecule has 0 saturated carbocycles. The number of rotatable bonds is 5. The molecule has 118 valence electrons. The van der Waals surface area contributed by atoms with Gasteiger partial charge in [0, 0.05) is 24.1 Å². The smallest absolute Gasteiger partial charge is 0.165 e. The molecule has 1 aromatic carbocycles. The lowest BCUT2D eigenvalue weighted by molar-refractivity contribution is 0.122. The predicted octanol–water partition coefficient (Wildman–Crippen LogP) is 3.95. The number of fused-ring (bicyclic) bond motifs is 1. The first-order valence-electron chi connectivity index (χ1n) is 7.93. The predicted molar refractivity (Wildman–Crippen MR) is 87.3 cm³/mol. The van der Waals surface area contributed by atoms with E-state index in [1.54, 1.807) is 0 Å². The Hall–Kier alpha value is -1.22. The molecule has 3 nitrogen and oxygen atoms in total. The maximum atomic E-state index is 6.21. The Labute approximate surface area is 129 Å². The van der Waals surface area contributed by atoms with Crippen molar-refractivity contribution in [2.24, 2.45) is 0 Å². The van der Waals surface area contributed by atoms with E-state index in [2.05, 4.69) is 59.0 Å². The minimum absolute atomic E-state index is 0.105. The van der Waals surface area contributed by atoms with E-state index >= 15 is 0 Å².